The minimum absolute atomic E-state index is 0.138. The van der Waals surface area contributed by atoms with E-state index in [-0.39, 0.29) is 11.3 Å². The molecular weight excluding hydrogens is 406 g/mol. The van der Waals surface area contributed by atoms with Crippen molar-refractivity contribution in [3.63, 3.8) is 0 Å². The zero-order chi connectivity index (χ0) is 22.8. The van der Waals surface area contributed by atoms with E-state index < -0.39 is 17.8 Å². The van der Waals surface area contributed by atoms with Gasteiger partial charge in [0, 0.05) is 17.6 Å². The van der Waals surface area contributed by atoms with E-state index in [4.69, 9.17) is 4.74 Å². The van der Waals surface area contributed by atoms with Crippen LogP contribution in [0.3, 0.4) is 0 Å². The van der Waals surface area contributed by atoms with Gasteiger partial charge in [0.15, 0.2) is 0 Å². The summed E-state index contributed by atoms with van der Waals surface area (Å²) in [7, 11) is 0. The average molecular weight is 429 g/mol. The Balaban J connectivity index is 1.77. The third-order valence-corrected chi connectivity index (χ3v) is 5.19. The van der Waals surface area contributed by atoms with Gasteiger partial charge in [0.25, 0.3) is 11.8 Å². The van der Waals surface area contributed by atoms with Crippen molar-refractivity contribution >= 4 is 29.6 Å². The lowest BCUT2D eigenvalue weighted by atomic mass is 10.1. The number of ether oxygens (including phenoxy) is 1. The number of amides is 4. The van der Waals surface area contributed by atoms with Crippen LogP contribution in [0.2, 0.25) is 0 Å². The van der Waals surface area contributed by atoms with E-state index in [9.17, 15) is 14.4 Å². The lowest BCUT2D eigenvalue weighted by Gasteiger charge is -2.27. The zero-order valence-electron chi connectivity index (χ0n) is 18.1. The zero-order valence-corrected chi connectivity index (χ0v) is 18.1. The summed E-state index contributed by atoms with van der Waals surface area (Å²) in [5, 5.41) is 2.26. The van der Waals surface area contributed by atoms with Gasteiger partial charge in [-0.05, 0) is 62.7 Å². The third-order valence-electron chi connectivity index (χ3n) is 5.19. The fourth-order valence-electron chi connectivity index (χ4n) is 3.75. The molecule has 1 aromatic heterocycles. The number of nitrogens with one attached hydrogen (secondary N) is 1. The van der Waals surface area contributed by atoms with Crippen LogP contribution in [0.25, 0.3) is 11.8 Å². The average Bonchev–Trinajstić information content (AvgIpc) is 3.20. The molecule has 4 rings (SSSR count). The van der Waals surface area contributed by atoms with E-state index in [0.717, 1.165) is 21.7 Å². The maximum absolute atomic E-state index is 13.3. The van der Waals surface area contributed by atoms with Crippen LogP contribution in [0.15, 0.2) is 66.4 Å². The Hall–Kier alpha value is -4.13. The van der Waals surface area contributed by atoms with E-state index in [0.29, 0.717) is 18.1 Å². The minimum atomic E-state index is -0.811. The maximum Gasteiger partial charge on any atom is 0.336 e. The minimum Gasteiger partial charge on any atom is -0.492 e. The van der Waals surface area contributed by atoms with Gasteiger partial charge in [0.05, 0.1) is 12.3 Å². The van der Waals surface area contributed by atoms with Crippen LogP contribution < -0.4 is 15.0 Å². The summed E-state index contributed by atoms with van der Waals surface area (Å²) in [5.74, 6) is -1.07. The molecule has 1 aliphatic rings. The fraction of sp³-hybridized carbons (Fsp3) is 0.160. The highest BCUT2D eigenvalue weighted by Gasteiger charge is 2.38. The standard InChI is InChI=1S/C25H23N3O4/c1-4-32-22-10-6-5-9-21(22)28-24(30)19(23(29)26-25(28)31)15-18-8-7-13-27(18)20-12-11-16(2)14-17(20)3/h5-15H,4H2,1-3H3,(H,26,29,31)/b19-15+. The number of carbonyl (C=O) groups excluding carboxylic acids is 3. The van der Waals surface area contributed by atoms with Crippen molar-refractivity contribution in [2.75, 3.05) is 11.5 Å². The topological polar surface area (TPSA) is 80.6 Å². The molecule has 0 aliphatic carbocycles. The third kappa shape index (κ3) is 3.80. The van der Waals surface area contributed by atoms with Gasteiger partial charge in [-0.25, -0.2) is 9.69 Å². The molecule has 32 heavy (non-hydrogen) atoms. The van der Waals surface area contributed by atoms with Gasteiger partial charge < -0.3 is 9.30 Å². The maximum atomic E-state index is 13.3. The van der Waals surface area contributed by atoms with Crippen molar-refractivity contribution in [2.24, 2.45) is 0 Å². The summed E-state index contributed by atoms with van der Waals surface area (Å²) in [6, 6.07) is 15.6. The van der Waals surface area contributed by atoms with Crippen molar-refractivity contribution in [1.29, 1.82) is 0 Å². The second-order valence-electron chi connectivity index (χ2n) is 7.45. The number of imide groups is 2. The predicted octanol–water partition coefficient (Wildman–Crippen LogP) is 4.16. The first-order valence-corrected chi connectivity index (χ1v) is 10.3. The summed E-state index contributed by atoms with van der Waals surface area (Å²) < 4.78 is 7.47. The first kappa shape index (κ1) is 21.1. The van der Waals surface area contributed by atoms with Crippen LogP contribution in [0.5, 0.6) is 5.75 Å². The number of aromatic nitrogens is 1. The highest BCUT2D eigenvalue weighted by molar-refractivity contribution is 6.39. The molecule has 4 amide bonds. The molecule has 1 N–H and O–H groups in total. The molecule has 3 aromatic rings. The molecule has 2 aromatic carbocycles. The monoisotopic (exact) mass is 429 g/mol. The number of benzene rings is 2. The van der Waals surface area contributed by atoms with Crippen LogP contribution in [-0.2, 0) is 9.59 Å². The molecule has 1 fully saturated rings. The molecule has 1 saturated heterocycles. The number of anilines is 1. The van der Waals surface area contributed by atoms with Gasteiger partial charge in [-0.2, -0.15) is 0 Å². The number of urea groups is 1. The van der Waals surface area contributed by atoms with E-state index in [1.165, 1.54) is 6.08 Å². The Kier molecular flexibility index (Phi) is 5.64. The van der Waals surface area contributed by atoms with Gasteiger partial charge in [0.1, 0.15) is 11.3 Å². The molecule has 7 heteroatoms. The molecule has 0 radical (unpaired) electrons. The molecule has 162 valence electrons. The molecule has 0 unspecified atom stereocenters. The lowest BCUT2D eigenvalue weighted by molar-refractivity contribution is -0.122. The quantitative estimate of drug-likeness (QED) is 0.488. The van der Waals surface area contributed by atoms with Crippen LogP contribution >= 0.6 is 0 Å². The second kappa shape index (κ2) is 8.55. The van der Waals surface area contributed by atoms with E-state index in [1.54, 1.807) is 24.3 Å². The number of rotatable bonds is 5. The van der Waals surface area contributed by atoms with Crippen LogP contribution in [-0.4, -0.2) is 29.0 Å². The Morgan fingerprint density at radius 3 is 2.50 bits per heavy atom. The summed E-state index contributed by atoms with van der Waals surface area (Å²) in [6.07, 6.45) is 3.36. The molecular formula is C25H23N3O4. The van der Waals surface area contributed by atoms with Crippen molar-refractivity contribution in [3.05, 3.63) is 83.2 Å². The number of hydrogen-bond donors (Lipinski definition) is 1. The van der Waals surface area contributed by atoms with Gasteiger partial charge in [-0.3, -0.25) is 14.9 Å². The highest BCUT2D eigenvalue weighted by atomic mass is 16.5. The Bertz CT molecular complexity index is 1260. The smallest absolute Gasteiger partial charge is 0.336 e. The van der Waals surface area contributed by atoms with Gasteiger partial charge >= 0.3 is 6.03 Å². The van der Waals surface area contributed by atoms with Gasteiger partial charge in [0.2, 0.25) is 0 Å². The van der Waals surface area contributed by atoms with Crippen molar-refractivity contribution in [1.82, 2.24) is 9.88 Å². The van der Waals surface area contributed by atoms with E-state index in [2.05, 4.69) is 11.4 Å². The molecule has 2 heterocycles. The molecule has 0 bridgehead atoms. The first-order chi connectivity index (χ1) is 15.4. The molecule has 0 atom stereocenters. The molecule has 7 nitrogen and oxygen atoms in total. The van der Waals surface area contributed by atoms with E-state index in [1.807, 2.05) is 55.8 Å². The van der Waals surface area contributed by atoms with Gasteiger partial charge in [-0.1, -0.05) is 29.8 Å². The van der Waals surface area contributed by atoms with Crippen LogP contribution in [0.4, 0.5) is 10.5 Å². The number of para-hydroxylation sites is 2. The Morgan fingerprint density at radius 1 is 0.969 bits per heavy atom. The largest absolute Gasteiger partial charge is 0.492 e. The van der Waals surface area contributed by atoms with Crippen molar-refractivity contribution < 1.29 is 19.1 Å². The summed E-state index contributed by atoms with van der Waals surface area (Å²) in [5.41, 5.74) is 3.92. The van der Waals surface area contributed by atoms with Crippen LogP contribution in [0.1, 0.15) is 23.7 Å². The fourth-order valence-corrected chi connectivity index (χ4v) is 3.75. The molecule has 1 aliphatic heterocycles. The normalized spacial score (nSPS) is 15.3. The van der Waals surface area contributed by atoms with Crippen molar-refractivity contribution in [3.8, 4) is 11.4 Å². The summed E-state index contributed by atoms with van der Waals surface area (Å²) in [6.45, 7) is 6.20. The summed E-state index contributed by atoms with van der Waals surface area (Å²) in [4.78, 5) is 39.4. The van der Waals surface area contributed by atoms with Crippen LogP contribution in [0, 0.1) is 13.8 Å². The van der Waals surface area contributed by atoms with Crippen molar-refractivity contribution in [2.45, 2.75) is 20.8 Å². The molecule has 0 saturated carbocycles. The second-order valence-corrected chi connectivity index (χ2v) is 7.45. The Morgan fingerprint density at radius 2 is 1.75 bits per heavy atom. The molecule has 0 spiro atoms. The summed E-state index contributed by atoms with van der Waals surface area (Å²) >= 11 is 0. The predicted molar refractivity (Wildman–Crippen MR) is 122 cm³/mol. The first-order valence-electron chi connectivity index (χ1n) is 10.3. The number of nitrogens with zero attached hydrogens (tertiary/aromatic N) is 2. The number of aryl methyl sites for hydroxylation is 2. The number of barbiturate groups is 1. The van der Waals surface area contributed by atoms with E-state index >= 15 is 0 Å². The highest BCUT2D eigenvalue weighted by Crippen LogP contribution is 2.31. The SMILES string of the molecule is CCOc1ccccc1N1C(=O)NC(=O)/C(=C\c2cccn2-c2ccc(C)cc2C)C1=O. The number of carbonyl (C=O) groups is 3. The number of hydrogen-bond acceptors (Lipinski definition) is 4. The van der Waals surface area contributed by atoms with Gasteiger partial charge in [-0.15, -0.1) is 0 Å². The lowest BCUT2D eigenvalue weighted by Crippen LogP contribution is -2.54. The Labute approximate surface area is 185 Å².